The second-order valence-corrected chi connectivity index (χ2v) is 9.25. The van der Waals surface area contributed by atoms with E-state index in [4.69, 9.17) is 0 Å². The summed E-state index contributed by atoms with van der Waals surface area (Å²) in [5.74, 6) is 4.38. The summed E-state index contributed by atoms with van der Waals surface area (Å²) < 4.78 is 1.95. The van der Waals surface area contributed by atoms with Crippen LogP contribution in [0.25, 0.3) is 0 Å². The molecule has 2 aromatic heterocycles. The highest BCUT2D eigenvalue weighted by atomic mass is 16.1. The minimum absolute atomic E-state index is 0.0446. The van der Waals surface area contributed by atoms with Gasteiger partial charge in [0.2, 0.25) is 0 Å². The van der Waals surface area contributed by atoms with Crippen molar-refractivity contribution in [3.05, 3.63) is 52.0 Å². The first-order chi connectivity index (χ1) is 12.6. The third-order valence-corrected chi connectivity index (χ3v) is 7.21. The van der Waals surface area contributed by atoms with E-state index in [-0.39, 0.29) is 5.69 Å². The summed E-state index contributed by atoms with van der Waals surface area (Å²) in [5.41, 5.74) is 3.48. The number of hydrogen-bond donors (Lipinski definition) is 1. The van der Waals surface area contributed by atoms with E-state index in [1.54, 1.807) is 6.20 Å². The number of aromatic amines is 1. The number of pyridine rings is 1. The number of nitrogens with zero attached hydrogens (tertiary/aromatic N) is 2. The van der Waals surface area contributed by atoms with Crippen LogP contribution in [0.2, 0.25) is 0 Å². The van der Waals surface area contributed by atoms with Crippen LogP contribution in [0.1, 0.15) is 74.9 Å². The molecule has 4 nitrogen and oxygen atoms in total. The lowest BCUT2D eigenvalue weighted by Gasteiger charge is -2.54. The molecule has 4 bridgehead atoms. The Labute approximate surface area is 155 Å². The van der Waals surface area contributed by atoms with Gasteiger partial charge in [0, 0.05) is 23.5 Å². The largest absolute Gasteiger partial charge is 0.326 e. The fourth-order valence-electron chi connectivity index (χ4n) is 6.59. The molecule has 0 atom stereocenters. The van der Waals surface area contributed by atoms with E-state index in [1.807, 2.05) is 22.8 Å². The normalized spacial score (nSPS) is 32.5. The van der Waals surface area contributed by atoms with Gasteiger partial charge in [0.25, 0.3) is 0 Å². The third-order valence-electron chi connectivity index (χ3n) is 7.21. The molecule has 4 aliphatic carbocycles. The summed E-state index contributed by atoms with van der Waals surface area (Å²) in [6.07, 6.45) is 8.78. The summed E-state index contributed by atoms with van der Waals surface area (Å²) in [7, 11) is 0. The monoisotopic (exact) mass is 351 g/mol. The van der Waals surface area contributed by atoms with Crippen molar-refractivity contribution < 1.29 is 0 Å². The summed E-state index contributed by atoms with van der Waals surface area (Å²) in [5, 5.41) is 0. The lowest BCUT2D eigenvalue weighted by Crippen LogP contribution is -2.44. The Morgan fingerprint density at radius 3 is 2.38 bits per heavy atom. The molecule has 4 fully saturated rings. The highest BCUT2D eigenvalue weighted by Crippen LogP contribution is 2.60. The van der Waals surface area contributed by atoms with E-state index < -0.39 is 0 Å². The zero-order valence-corrected chi connectivity index (χ0v) is 15.8. The number of nitrogens with one attached hydrogen (secondary N) is 1. The van der Waals surface area contributed by atoms with Crippen LogP contribution in [-0.2, 0) is 6.54 Å². The second kappa shape index (κ2) is 6.11. The zero-order valence-electron chi connectivity index (χ0n) is 15.8. The van der Waals surface area contributed by atoms with Crippen LogP contribution in [0, 0.1) is 23.7 Å². The van der Waals surface area contributed by atoms with Gasteiger partial charge in [-0.1, -0.05) is 19.9 Å². The molecule has 2 heterocycles. The fourth-order valence-corrected chi connectivity index (χ4v) is 6.59. The Morgan fingerprint density at radius 1 is 1.12 bits per heavy atom. The molecule has 4 saturated carbocycles. The molecule has 2 aromatic rings. The van der Waals surface area contributed by atoms with Crippen molar-refractivity contribution in [2.24, 2.45) is 23.7 Å². The van der Waals surface area contributed by atoms with Gasteiger partial charge >= 0.3 is 5.69 Å². The molecule has 0 aromatic carbocycles. The lowest BCUT2D eigenvalue weighted by molar-refractivity contribution is -0.00446. The zero-order chi connectivity index (χ0) is 17.8. The first-order valence-corrected chi connectivity index (χ1v) is 10.3. The lowest BCUT2D eigenvalue weighted by atomic mass is 9.51. The molecule has 1 N–H and O–H groups in total. The molecule has 0 unspecified atom stereocenters. The molecule has 0 spiro atoms. The standard InChI is InChI=1S/C22H29N3O/c1-13(2)21-20(19-16-8-14-7-15(10-16)11-17(19)9-14)24-22(26)25(21)12-18-5-3-4-6-23-18/h3-6,13-17,19H,7-12H2,1-2H3,(H,24,26). The third kappa shape index (κ3) is 2.57. The van der Waals surface area contributed by atoms with Crippen LogP contribution in [-0.4, -0.2) is 14.5 Å². The first kappa shape index (κ1) is 16.3. The molecular formula is C22H29N3O. The molecule has 0 saturated heterocycles. The SMILES string of the molecule is CC(C)c1c(C2C3CC4CC(C3)CC2C4)[nH]c(=O)n1Cc1ccccn1. The summed E-state index contributed by atoms with van der Waals surface area (Å²) in [6, 6.07) is 5.92. The topological polar surface area (TPSA) is 50.7 Å². The number of aromatic nitrogens is 3. The molecule has 26 heavy (non-hydrogen) atoms. The van der Waals surface area contributed by atoms with Crippen molar-refractivity contribution in [2.75, 3.05) is 0 Å². The molecule has 0 amide bonds. The second-order valence-electron chi connectivity index (χ2n) is 9.25. The highest BCUT2D eigenvalue weighted by molar-refractivity contribution is 5.26. The molecule has 4 heteroatoms. The Balaban J connectivity index is 1.55. The number of rotatable bonds is 4. The van der Waals surface area contributed by atoms with Crippen LogP contribution in [0.3, 0.4) is 0 Å². The van der Waals surface area contributed by atoms with Crippen molar-refractivity contribution in [1.29, 1.82) is 0 Å². The Morgan fingerprint density at radius 2 is 1.81 bits per heavy atom. The van der Waals surface area contributed by atoms with Gasteiger partial charge < -0.3 is 4.98 Å². The quantitative estimate of drug-likeness (QED) is 0.894. The van der Waals surface area contributed by atoms with Gasteiger partial charge in [0.1, 0.15) is 0 Å². The van der Waals surface area contributed by atoms with E-state index in [0.717, 1.165) is 29.4 Å². The van der Waals surface area contributed by atoms with Crippen LogP contribution < -0.4 is 5.69 Å². The molecule has 6 rings (SSSR count). The van der Waals surface area contributed by atoms with Crippen LogP contribution in [0.5, 0.6) is 0 Å². The number of hydrogen-bond acceptors (Lipinski definition) is 2. The van der Waals surface area contributed by atoms with Gasteiger partial charge in [-0.25, -0.2) is 4.79 Å². The van der Waals surface area contributed by atoms with E-state index >= 15 is 0 Å². The Kier molecular flexibility index (Phi) is 3.84. The predicted molar refractivity (Wildman–Crippen MR) is 102 cm³/mol. The fraction of sp³-hybridized carbons (Fsp3) is 0.636. The van der Waals surface area contributed by atoms with E-state index in [2.05, 4.69) is 23.8 Å². The molecule has 138 valence electrons. The van der Waals surface area contributed by atoms with Crippen molar-refractivity contribution in [2.45, 2.75) is 64.3 Å². The first-order valence-electron chi connectivity index (χ1n) is 10.3. The van der Waals surface area contributed by atoms with Crippen LogP contribution >= 0.6 is 0 Å². The maximum atomic E-state index is 12.9. The number of H-pyrrole nitrogens is 1. The average Bonchev–Trinajstić information content (AvgIpc) is 2.91. The van der Waals surface area contributed by atoms with Crippen LogP contribution in [0.4, 0.5) is 0 Å². The van der Waals surface area contributed by atoms with Gasteiger partial charge in [0.05, 0.1) is 12.2 Å². The van der Waals surface area contributed by atoms with Gasteiger partial charge in [-0.15, -0.1) is 0 Å². The van der Waals surface area contributed by atoms with Crippen molar-refractivity contribution >= 4 is 0 Å². The smallest absolute Gasteiger partial charge is 0.309 e. The predicted octanol–water partition coefficient (Wildman–Crippen LogP) is 4.28. The van der Waals surface area contributed by atoms with Gasteiger partial charge in [0.15, 0.2) is 0 Å². The maximum absolute atomic E-state index is 12.9. The minimum atomic E-state index is 0.0446. The number of imidazole rings is 1. The Bertz CT molecular complexity index is 820. The molecule has 0 aliphatic heterocycles. The van der Waals surface area contributed by atoms with Crippen molar-refractivity contribution in [3.8, 4) is 0 Å². The molecule has 0 radical (unpaired) electrons. The van der Waals surface area contributed by atoms with Gasteiger partial charge in [-0.3, -0.25) is 9.55 Å². The Hall–Kier alpha value is -1.84. The van der Waals surface area contributed by atoms with Crippen LogP contribution in [0.15, 0.2) is 29.2 Å². The van der Waals surface area contributed by atoms with Gasteiger partial charge in [-0.05, 0) is 73.8 Å². The summed E-state index contributed by atoms with van der Waals surface area (Å²) >= 11 is 0. The van der Waals surface area contributed by atoms with Crippen molar-refractivity contribution in [1.82, 2.24) is 14.5 Å². The van der Waals surface area contributed by atoms with E-state index in [9.17, 15) is 4.79 Å². The maximum Gasteiger partial charge on any atom is 0.326 e. The van der Waals surface area contributed by atoms with E-state index in [1.165, 1.54) is 43.5 Å². The van der Waals surface area contributed by atoms with Crippen molar-refractivity contribution in [3.63, 3.8) is 0 Å². The molecule has 4 aliphatic rings. The summed E-state index contributed by atoms with van der Waals surface area (Å²) in [4.78, 5) is 20.6. The highest BCUT2D eigenvalue weighted by Gasteiger charge is 2.50. The van der Waals surface area contributed by atoms with E-state index in [0.29, 0.717) is 18.4 Å². The minimum Gasteiger partial charge on any atom is -0.309 e. The average molecular weight is 351 g/mol. The summed E-state index contributed by atoms with van der Waals surface area (Å²) in [6.45, 7) is 5.01. The van der Waals surface area contributed by atoms with Gasteiger partial charge in [-0.2, -0.15) is 0 Å². The molecular weight excluding hydrogens is 322 g/mol.